The number of benzene rings is 1. The van der Waals surface area contributed by atoms with Crippen LogP contribution in [0.25, 0.3) is 6.08 Å². The molecule has 0 saturated heterocycles. The van der Waals surface area contributed by atoms with Crippen molar-refractivity contribution in [3.63, 3.8) is 0 Å². The average Bonchev–Trinajstić information content (AvgIpc) is 2.73. The van der Waals surface area contributed by atoms with E-state index in [4.69, 9.17) is 14.2 Å². The number of nitro groups is 1. The molecular weight excluding hydrogens is 226 g/mol. The van der Waals surface area contributed by atoms with Gasteiger partial charge in [-0.05, 0) is 13.0 Å². The minimum atomic E-state index is -0.527. The van der Waals surface area contributed by atoms with Crippen LogP contribution in [-0.4, -0.2) is 18.3 Å². The van der Waals surface area contributed by atoms with E-state index in [2.05, 4.69) is 0 Å². The summed E-state index contributed by atoms with van der Waals surface area (Å²) in [7, 11) is 0. The van der Waals surface area contributed by atoms with Crippen molar-refractivity contribution in [3.05, 3.63) is 34.0 Å². The van der Waals surface area contributed by atoms with Crippen LogP contribution >= 0.6 is 0 Å². The Morgan fingerprint density at radius 2 is 2.18 bits per heavy atom. The molecule has 0 spiro atoms. The zero-order valence-electron chi connectivity index (χ0n) is 9.21. The first-order valence-corrected chi connectivity index (χ1v) is 5.09. The van der Waals surface area contributed by atoms with Crippen LogP contribution in [0.5, 0.6) is 17.2 Å². The number of fused-ring (bicyclic) bond motifs is 1. The van der Waals surface area contributed by atoms with Crippen LogP contribution in [0, 0.1) is 10.1 Å². The second-order valence-electron chi connectivity index (χ2n) is 3.28. The summed E-state index contributed by atoms with van der Waals surface area (Å²) in [5, 5.41) is 10.3. The molecule has 0 aliphatic carbocycles. The van der Waals surface area contributed by atoms with Crippen molar-refractivity contribution in [1.29, 1.82) is 0 Å². The summed E-state index contributed by atoms with van der Waals surface area (Å²) < 4.78 is 15.8. The van der Waals surface area contributed by atoms with Gasteiger partial charge in [0.25, 0.3) is 0 Å². The van der Waals surface area contributed by atoms with Gasteiger partial charge in [0, 0.05) is 17.7 Å². The van der Waals surface area contributed by atoms with Crippen LogP contribution in [0.2, 0.25) is 0 Å². The van der Waals surface area contributed by atoms with E-state index in [1.807, 2.05) is 6.92 Å². The Bertz CT molecular complexity index is 469. The topological polar surface area (TPSA) is 70.8 Å². The molecule has 0 bridgehead atoms. The Hall–Kier alpha value is -2.24. The number of nitrogens with zero attached hydrogens (tertiary/aromatic N) is 1. The third-order valence-corrected chi connectivity index (χ3v) is 2.18. The van der Waals surface area contributed by atoms with E-state index in [1.54, 1.807) is 12.1 Å². The Kier molecular flexibility index (Phi) is 3.13. The van der Waals surface area contributed by atoms with Crippen LogP contribution in [-0.2, 0) is 0 Å². The van der Waals surface area contributed by atoms with Crippen LogP contribution in [0.4, 0.5) is 0 Å². The van der Waals surface area contributed by atoms with Crippen LogP contribution in [0.1, 0.15) is 12.5 Å². The monoisotopic (exact) mass is 237 g/mol. The number of ether oxygens (including phenoxy) is 3. The summed E-state index contributed by atoms with van der Waals surface area (Å²) in [6.45, 7) is 2.47. The molecule has 0 amide bonds. The molecule has 1 heterocycles. The normalized spacial score (nSPS) is 13.0. The summed E-state index contributed by atoms with van der Waals surface area (Å²) in [5.41, 5.74) is 0.591. The lowest BCUT2D eigenvalue weighted by Gasteiger charge is -2.07. The highest BCUT2D eigenvalue weighted by Gasteiger charge is 2.17. The van der Waals surface area contributed by atoms with E-state index in [1.165, 1.54) is 6.08 Å². The highest BCUT2D eigenvalue weighted by atomic mass is 16.7. The third kappa shape index (κ3) is 2.47. The van der Waals surface area contributed by atoms with Gasteiger partial charge in [-0.2, -0.15) is 0 Å². The maximum atomic E-state index is 10.3. The van der Waals surface area contributed by atoms with Crippen molar-refractivity contribution in [3.8, 4) is 17.2 Å². The van der Waals surface area contributed by atoms with Gasteiger partial charge in [0.05, 0.1) is 11.5 Å². The summed E-state index contributed by atoms with van der Waals surface area (Å²) in [6, 6.07) is 3.33. The van der Waals surface area contributed by atoms with E-state index >= 15 is 0 Å². The van der Waals surface area contributed by atoms with Gasteiger partial charge in [0.1, 0.15) is 5.75 Å². The zero-order chi connectivity index (χ0) is 12.3. The van der Waals surface area contributed by atoms with Crippen LogP contribution in [0.3, 0.4) is 0 Å². The highest BCUT2D eigenvalue weighted by Crippen LogP contribution is 2.38. The number of hydrogen-bond donors (Lipinski definition) is 0. The molecule has 0 radical (unpaired) electrons. The molecule has 0 N–H and O–H groups in total. The van der Waals surface area contributed by atoms with Gasteiger partial charge in [-0.15, -0.1) is 0 Å². The van der Waals surface area contributed by atoms with Gasteiger partial charge in [0.2, 0.25) is 13.0 Å². The second kappa shape index (κ2) is 4.73. The molecule has 0 unspecified atom stereocenters. The van der Waals surface area contributed by atoms with E-state index < -0.39 is 4.92 Å². The van der Waals surface area contributed by atoms with Crippen molar-refractivity contribution in [2.75, 3.05) is 13.4 Å². The predicted octanol–water partition coefficient (Wildman–Crippen LogP) is 2.06. The van der Waals surface area contributed by atoms with Crippen LogP contribution in [0.15, 0.2) is 18.3 Å². The lowest BCUT2D eigenvalue weighted by molar-refractivity contribution is -0.400. The molecule has 17 heavy (non-hydrogen) atoms. The SMILES string of the molecule is CCOc1cc2c(cc1C=C[N+](=O)[O-])OCO2. The fourth-order valence-electron chi connectivity index (χ4n) is 1.49. The quantitative estimate of drug-likeness (QED) is 0.592. The molecule has 1 aromatic rings. The Morgan fingerprint density at radius 3 is 2.82 bits per heavy atom. The van der Waals surface area contributed by atoms with Crippen molar-refractivity contribution in [2.45, 2.75) is 6.92 Å². The molecule has 0 atom stereocenters. The summed E-state index contributed by atoms with van der Waals surface area (Å²) in [4.78, 5) is 9.77. The lowest BCUT2D eigenvalue weighted by atomic mass is 10.1. The van der Waals surface area contributed by atoms with Gasteiger partial charge < -0.3 is 14.2 Å². The van der Waals surface area contributed by atoms with Crippen molar-refractivity contribution < 1.29 is 19.1 Å². The van der Waals surface area contributed by atoms with Crippen molar-refractivity contribution in [1.82, 2.24) is 0 Å². The molecule has 90 valence electrons. The van der Waals surface area contributed by atoms with Gasteiger partial charge in [0.15, 0.2) is 11.5 Å². The van der Waals surface area contributed by atoms with E-state index in [0.717, 1.165) is 6.20 Å². The minimum absolute atomic E-state index is 0.156. The minimum Gasteiger partial charge on any atom is -0.493 e. The Balaban J connectivity index is 2.37. The molecule has 0 fully saturated rings. The Morgan fingerprint density at radius 1 is 1.47 bits per heavy atom. The lowest BCUT2D eigenvalue weighted by Crippen LogP contribution is -1.94. The van der Waals surface area contributed by atoms with Crippen molar-refractivity contribution >= 4 is 6.08 Å². The highest BCUT2D eigenvalue weighted by molar-refractivity contribution is 5.63. The average molecular weight is 237 g/mol. The number of rotatable bonds is 4. The first-order chi connectivity index (χ1) is 8.20. The maximum Gasteiger partial charge on any atom is 0.235 e. The fraction of sp³-hybridized carbons (Fsp3) is 0.273. The van der Waals surface area contributed by atoms with E-state index in [-0.39, 0.29) is 6.79 Å². The molecule has 0 saturated carbocycles. The largest absolute Gasteiger partial charge is 0.493 e. The predicted molar refractivity (Wildman–Crippen MR) is 59.8 cm³/mol. The fourth-order valence-corrected chi connectivity index (χ4v) is 1.49. The summed E-state index contributed by atoms with van der Waals surface area (Å²) in [6.07, 6.45) is 2.23. The summed E-state index contributed by atoms with van der Waals surface area (Å²) >= 11 is 0. The zero-order valence-corrected chi connectivity index (χ0v) is 9.21. The first kappa shape index (κ1) is 11.3. The standard InChI is InChI=1S/C11H11NO5/c1-2-15-9-6-11-10(16-7-17-11)5-8(9)3-4-12(13)14/h3-6H,2,7H2,1H3. The molecule has 1 aromatic carbocycles. The molecule has 2 rings (SSSR count). The van der Waals surface area contributed by atoms with Gasteiger partial charge in [-0.25, -0.2) is 0 Å². The van der Waals surface area contributed by atoms with E-state index in [9.17, 15) is 10.1 Å². The molecule has 0 aromatic heterocycles. The van der Waals surface area contributed by atoms with Gasteiger partial charge >= 0.3 is 0 Å². The van der Waals surface area contributed by atoms with Crippen LogP contribution < -0.4 is 14.2 Å². The Labute approximate surface area is 97.6 Å². The van der Waals surface area contributed by atoms with Gasteiger partial charge in [-0.1, -0.05) is 0 Å². The van der Waals surface area contributed by atoms with Crippen molar-refractivity contribution in [2.24, 2.45) is 0 Å². The first-order valence-electron chi connectivity index (χ1n) is 5.09. The molecular formula is C11H11NO5. The molecule has 1 aliphatic rings. The third-order valence-electron chi connectivity index (χ3n) is 2.18. The summed E-state index contributed by atoms with van der Waals surface area (Å²) in [5.74, 6) is 1.69. The molecule has 1 aliphatic heterocycles. The van der Waals surface area contributed by atoms with Gasteiger partial charge in [-0.3, -0.25) is 10.1 Å². The smallest absolute Gasteiger partial charge is 0.235 e. The molecule has 6 nitrogen and oxygen atoms in total. The second-order valence-corrected chi connectivity index (χ2v) is 3.28. The maximum absolute atomic E-state index is 10.3. The van der Waals surface area contributed by atoms with E-state index in [0.29, 0.717) is 29.4 Å². The number of hydrogen-bond acceptors (Lipinski definition) is 5. The molecule has 6 heteroatoms.